The third-order valence-corrected chi connectivity index (χ3v) is 5.79. The molecule has 0 bridgehead atoms. The lowest BCUT2D eigenvalue weighted by Crippen LogP contribution is -2.22. The number of amides is 1. The number of pyridine rings is 1. The second-order valence-corrected chi connectivity index (χ2v) is 8.78. The van der Waals surface area contributed by atoms with E-state index in [1.165, 1.54) is 12.5 Å². The predicted octanol–water partition coefficient (Wildman–Crippen LogP) is 6.46. The average Bonchev–Trinajstić information content (AvgIpc) is 3.22. The Morgan fingerprint density at radius 3 is 2.41 bits per heavy atom. The Kier molecular flexibility index (Phi) is 7.65. The molecule has 4 rings (SSSR count). The van der Waals surface area contributed by atoms with Gasteiger partial charge in [-0.15, -0.1) is 0 Å². The number of fused-ring (bicyclic) bond motifs is 1. The van der Waals surface area contributed by atoms with Crippen LogP contribution in [-0.4, -0.2) is 25.8 Å². The molecular formula is C25H31F3N4O2. The van der Waals surface area contributed by atoms with E-state index in [9.17, 15) is 23.1 Å². The Balaban J connectivity index is 0.00000158. The molecule has 3 aromatic rings. The quantitative estimate of drug-likeness (QED) is 0.453. The molecule has 0 saturated heterocycles. The molecule has 1 aliphatic rings. The van der Waals surface area contributed by atoms with Crippen molar-refractivity contribution in [2.45, 2.75) is 77.6 Å². The number of aliphatic hydroxyl groups is 1. The van der Waals surface area contributed by atoms with E-state index in [1.807, 2.05) is 24.7 Å². The molecule has 1 amide bonds. The third kappa shape index (κ3) is 5.75. The van der Waals surface area contributed by atoms with Crippen molar-refractivity contribution >= 4 is 22.5 Å². The molecule has 1 fully saturated rings. The molecular weight excluding hydrogens is 445 g/mol. The van der Waals surface area contributed by atoms with E-state index in [-0.39, 0.29) is 5.69 Å². The fourth-order valence-corrected chi connectivity index (χ4v) is 4.14. The van der Waals surface area contributed by atoms with Crippen LogP contribution in [0, 0.1) is 0 Å². The van der Waals surface area contributed by atoms with Crippen molar-refractivity contribution in [1.82, 2.24) is 14.8 Å². The number of carbonyl (C=O) groups is 1. The van der Waals surface area contributed by atoms with E-state index >= 15 is 0 Å². The molecule has 9 heteroatoms. The van der Waals surface area contributed by atoms with Crippen molar-refractivity contribution < 1.29 is 23.1 Å². The highest BCUT2D eigenvalue weighted by Crippen LogP contribution is 2.34. The fourth-order valence-electron chi connectivity index (χ4n) is 4.14. The van der Waals surface area contributed by atoms with Crippen LogP contribution in [0.5, 0.6) is 0 Å². The number of rotatable bonds is 4. The summed E-state index contributed by atoms with van der Waals surface area (Å²) in [5.74, 6) is -0.791. The van der Waals surface area contributed by atoms with Gasteiger partial charge in [-0.2, -0.15) is 18.3 Å². The lowest BCUT2D eigenvalue weighted by atomic mass is 9.95. The molecule has 0 spiro atoms. The highest BCUT2D eigenvalue weighted by atomic mass is 19.4. The summed E-state index contributed by atoms with van der Waals surface area (Å²) in [6.45, 7) is 7.15. The van der Waals surface area contributed by atoms with E-state index in [2.05, 4.69) is 15.4 Å². The summed E-state index contributed by atoms with van der Waals surface area (Å²) in [5.41, 5.74) is -1.41. The second-order valence-electron chi connectivity index (χ2n) is 8.78. The van der Waals surface area contributed by atoms with Gasteiger partial charge in [0.1, 0.15) is 11.4 Å². The van der Waals surface area contributed by atoms with E-state index < -0.39 is 23.4 Å². The maximum Gasteiger partial charge on any atom is 0.433 e. The van der Waals surface area contributed by atoms with Gasteiger partial charge < -0.3 is 10.4 Å². The van der Waals surface area contributed by atoms with Crippen molar-refractivity contribution in [1.29, 1.82) is 0 Å². The van der Waals surface area contributed by atoms with Crippen LogP contribution in [0.15, 0.2) is 36.5 Å². The number of benzene rings is 1. The lowest BCUT2D eigenvalue weighted by molar-refractivity contribution is -0.141. The maximum absolute atomic E-state index is 13.0. The van der Waals surface area contributed by atoms with Gasteiger partial charge in [-0.05, 0) is 51.0 Å². The van der Waals surface area contributed by atoms with Crippen LogP contribution in [-0.2, 0) is 11.8 Å². The first kappa shape index (κ1) is 25.7. The highest BCUT2D eigenvalue weighted by Gasteiger charge is 2.33. The minimum absolute atomic E-state index is 0.303. The van der Waals surface area contributed by atoms with Gasteiger partial charge in [0.15, 0.2) is 0 Å². The third-order valence-electron chi connectivity index (χ3n) is 5.79. The first-order valence-corrected chi connectivity index (χ1v) is 11.6. The van der Waals surface area contributed by atoms with Crippen LogP contribution in [0.2, 0.25) is 0 Å². The SMILES string of the molecule is CC.CC(C)(O)c1cc2nn(C3CCCCC3)cc2cc1NC(=O)c1cccc(C(F)(F)F)n1. The zero-order valence-electron chi connectivity index (χ0n) is 19.9. The maximum atomic E-state index is 13.0. The molecule has 1 aliphatic carbocycles. The van der Waals surface area contributed by atoms with E-state index in [0.717, 1.165) is 43.2 Å². The molecule has 0 radical (unpaired) electrons. The van der Waals surface area contributed by atoms with Gasteiger partial charge in [0.2, 0.25) is 0 Å². The molecule has 1 aromatic carbocycles. The van der Waals surface area contributed by atoms with E-state index in [4.69, 9.17) is 0 Å². The Morgan fingerprint density at radius 2 is 1.79 bits per heavy atom. The van der Waals surface area contributed by atoms with Crippen LogP contribution in [0.4, 0.5) is 18.9 Å². The van der Waals surface area contributed by atoms with Gasteiger partial charge in [0, 0.05) is 22.8 Å². The normalized spacial score (nSPS) is 15.1. The largest absolute Gasteiger partial charge is 0.433 e. The number of anilines is 1. The average molecular weight is 477 g/mol. The summed E-state index contributed by atoms with van der Waals surface area (Å²) in [4.78, 5) is 16.2. The molecule has 34 heavy (non-hydrogen) atoms. The molecule has 2 N–H and O–H groups in total. The molecule has 0 atom stereocenters. The number of nitrogens with zero attached hydrogens (tertiary/aromatic N) is 3. The van der Waals surface area contributed by atoms with Crippen molar-refractivity contribution in [2.75, 3.05) is 5.32 Å². The van der Waals surface area contributed by atoms with E-state index in [1.54, 1.807) is 26.0 Å². The Hall–Kier alpha value is -2.94. The molecule has 2 aromatic heterocycles. The molecule has 184 valence electrons. The summed E-state index contributed by atoms with van der Waals surface area (Å²) >= 11 is 0. The fraction of sp³-hybridized carbons (Fsp3) is 0.480. The molecule has 0 unspecified atom stereocenters. The van der Waals surface area contributed by atoms with Gasteiger partial charge in [-0.25, -0.2) is 4.98 Å². The van der Waals surface area contributed by atoms with Crippen molar-refractivity contribution in [3.8, 4) is 0 Å². The van der Waals surface area contributed by atoms with Crippen molar-refractivity contribution in [3.63, 3.8) is 0 Å². The van der Waals surface area contributed by atoms with Gasteiger partial charge in [-0.1, -0.05) is 39.2 Å². The summed E-state index contributed by atoms with van der Waals surface area (Å²) in [6.07, 6.45) is 2.90. The minimum Gasteiger partial charge on any atom is -0.386 e. The van der Waals surface area contributed by atoms with E-state index in [0.29, 0.717) is 22.8 Å². The smallest absolute Gasteiger partial charge is 0.386 e. The minimum atomic E-state index is -4.65. The molecule has 1 saturated carbocycles. The molecule has 2 heterocycles. The van der Waals surface area contributed by atoms with Crippen LogP contribution >= 0.6 is 0 Å². The number of nitrogens with one attached hydrogen (secondary N) is 1. The van der Waals surface area contributed by atoms with Crippen LogP contribution in [0.3, 0.4) is 0 Å². The van der Waals surface area contributed by atoms with Gasteiger partial charge >= 0.3 is 6.18 Å². The van der Waals surface area contributed by atoms with Crippen molar-refractivity contribution in [3.05, 3.63) is 53.5 Å². The van der Waals surface area contributed by atoms with Gasteiger partial charge in [-0.3, -0.25) is 9.48 Å². The van der Waals surface area contributed by atoms with Crippen LogP contribution < -0.4 is 5.32 Å². The summed E-state index contributed by atoms with van der Waals surface area (Å²) in [7, 11) is 0. The number of hydrogen-bond donors (Lipinski definition) is 2. The van der Waals surface area contributed by atoms with Gasteiger partial charge in [0.05, 0.1) is 17.2 Å². The lowest BCUT2D eigenvalue weighted by Gasteiger charge is -2.22. The molecule has 6 nitrogen and oxygen atoms in total. The van der Waals surface area contributed by atoms with Crippen LogP contribution in [0.25, 0.3) is 10.9 Å². The Morgan fingerprint density at radius 1 is 1.12 bits per heavy atom. The zero-order chi connectivity index (χ0) is 25.1. The predicted molar refractivity (Wildman–Crippen MR) is 126 cm³/mol. The number of aromatic nitrogens is 3. The number of hydrogen-bond acceptors (Lipinski definition) is 4. The Bertz CT molecular complexity index is 1140. The summed E-state index contributed by atoms with van der Waals surface area (Å²) in [5, 5.41) is 18.8. The summed E-state index contributed by atoms with van der Waals surface area (Å²) in [6, 6.07) is 6.89. The van der Waals surface area contributed by atoms with Crippen molar-refractivity contribution in [2.24, 2.45) is 0 Å². The summed E-state index contributed by atoms with van der Waals surface area (Å²) < 4.78 is 40.9. The van der Waals surface area contributed by atoms with Gasteiger partial charge in [0.25, 0.3) is 5.91 Å². The number of halogens is 3. The zero-order valence-corrected chi connectivity index (χ0v) is 19.9. The topological polar surface area (TPSA) is 80.0 Å². The number of carbonyl (C=O) groups excluding carboxylic acids is 1. The standard InChI is InChI=1S/C23H25F3N4O2.C2H6/c1-22(2,32)16-12-18-14(13-30(29-18)15-7-4-3-5-8-15)11-19(16)28-21(31)17-9-6-10-20(27-17)23(24,25)26;1-2/h6,9-13,15,32H,3-5,7-8H2,1-2H3,(H,28,31);1-2H3. The first-order valence-electron chi connectivity index (χ1n) is 11.6. The van der Waals surface area contributed by atoms with Crippen LogP contribution in [0.1, 0.15) is 87.6 Å². The second kappa shape index (κ2) is 10.1. The molecule has 0 aliphatic heterocycles. The first-order chi connectivity index (χ1) is 16.0. The highest BCUT2D eigenvalue weighted by molar-refractivity contribution is 6.04. The monoisotopic (exact) mass is 476 g/mol. The number of alkyl halides is 3. The Labute approximate surface area is 197 Å².